The molecule has 0 bridgehead atoms. The second kappa shape index (κ2) is 4.92. The van der Waals surface area contributed by atoms with Gasteiger partial charge in [-0.05, 0) is 25.0 Å². The van der Waals surface area contributed by atoms with Gasteiger partial charge < -0.3 is 10.6 Å². The number of amides is 1. The maximum atomic E-state index is 13.0. The average Bonchev–Trinajstić information content (AvgIpc) is 2.32. The maximum absolute atomic E-state index is 13.0. The van der Waals surface area contributed by atoms with Crippen molar-refractivity contribution in [2.75, 3.05) is 17.2 Å². The average molecular weight is 293 g/mol. The van der Waals surface area contributed by atoms with Crippen LogP contribution in [0.4, 0.5) is 24.5 Å². The number of halogens is 4. The zero-order chi connectivity index (χ0) is 14.2. The van der Waals surface area contributed by atoms with E-state index in [1.54, 1.807) is 0 Å². The minimum Gasteiger partial charge on any atom is -0.397 e. The minimum atomic E-state index is -4.58. The van der Waals surface area contributed by atoms with E-state index in [1.807, 2.05) is 0 Å². The quantitative estimate of drug-likeness (QED) is 0.806. The SMILES string of the molecule is Nc1ccc(C(F)(F)F)c(N2CCCCC2=O)c1Cl. The van der Waals surface area contributed by atoms with E-state index in [1.165, 1.54) is 0 Å². The van der Waals surface area contributed by atoms with Crippen molar-refractivity contribution in [3.8, 4) is 0 Å². The molecule has 1 aliphatic heterocycles. The number of nitrogen functional groups attached to an aromatic ring is 1. The Hall–Kier alpha value is -1.43. The van der Waals surface area contributed by atoms with Crippen LogP contribution in [-0.2, 0) is 11.0 Å². The van der Waals surface area contributed by atoms with Crippen LogP contribution in [0.25, 0.3) is 0 Å². The van der Waals surface area contributed by atoms with E-state index >= 15 is 0 Å². The van der Waals surface area contributed by atoms with E-state index in [0.717, 1.165) is 17.0 Å². The Morgan fingerprint density at radius 2 is 1.95 bits per heavy atom. The van der Waals surface area contributed by atoms with Gasteiger partial charge >= 0.3 is 6.18 Å². The number of nitrogens with zero attached hydrogens (tertiary/aromatic N) is 1. The molecule has 3 nitrogen and oxygen atoms in total. The van der Waals surface area contributed by atoms with Crippen molar-refractivity contribution < 1.29 is 18.0 Å². The van der Waals surface area contributed by atoms with Gasteiger partial charge in [-0.2, -0.15) is 13.2 Å². The van der Waals surface area contributed by atoms with Gasteiger partial charge in [-0.25, -0.2) is 0 Å². The van der Waals surface area contributed by atoms with E-state index in [0.29, 0.717) is 12.8 Å². The Labute approximate surface area is 113 Å². The zero-order valence-corrected chi connectivity index (χ0v) is 10.7. The normalized spacial score (nSPS) is 16.8. The van der Waals surface area contributed by atoms with Crippen molar-refractivity contribution >= 4 is 28.9 Å². The highest BCUT2D eigenvalue weighted by Crippen LogP contribution is 2.43. The minimum absolute atomic E-state index is 0.0306. The van der Waals surface area contributed by atoms with Crippen molar-refractivity contribution in [3.05, 3.63) is 22.7 Å². The first-order valence-electron chi connectivity index (χ1n) is 5.78. The zero-order valence-electron chi connectivity index (χ0n) is 9.93. The summed E-state index contributed by atoms with van der Waals surface area (Å²) < 4.78 is 39.0. The van der Waals surface area contributed by atoms with Gasteiger partial charge in [-0.3, -0.25) is 4.79 Å². The summed E-state index contributed by atoms with van der Waals surface area (Å²) in [7, 11) is 0. The third-order valence-electron chi connectivity index (χ3n) is 3.04. The molecule has 1 heterocycles. The molecule has 0 atom stereocenters. The van der Waals surface area contributed by atoms with Crippen LogP contribution in [0.1, 0.15) is 24.8 Å². The van der Waals surface area contributed by atoms with Crippen LogP contribution in [0.3, 0.4) is 0 Å². The third-order valence-corrected chi connectivity index (χ3v) is 3.44. The number of hydrogen-bond donors (Lipinski definition) is 1. The highest BCUT2D eigenvalue weighted by Gasteiger charge is 2.38. The van der Waals surface area contributed by atoms with Crippen molar-refractivity contribution in [3.63, 3.8) is 0 Å². The summed E-state index contributed by atoms with van der Waals surface area (Å²) in [5.74, 6) is -0.357. The molecule has 1 saturated heterocycles. The van der Waals surface area contributed by atoms with Gasteiger partial charge in [0.15, 0.2) is 0 Å². The Kier molecular flexibility index (Phi) is 3.62. The molecule has 0 radical (unpaired) electrons. The molecule has 0 unspecified atom stereocenters. The maximum Gasteiger partial charge on any atom is 0.418 e. The van der Waals surface area contributed by atoms with Crippen LogP contribution in [0, 0.1) is 0 Å². The predicted octanol–water partition coefficient (Wildman–Crippen LogP) is 3.46. The molecular formula is C12H12ClF3N2O. The Morgan fingerprint density at radius 3 is 2.53 bits per heavy atom. The van der Waals surface area contributed by atoms with Crippen molar-refractivity contribution in [2.24, 2.45) is 0 Å². The topological polar surface area (TPSA) is 46.3 Å². The van der Waals surface area contributed by atoms with Crippen LogP contribution < -0.4 is 10.6 Å². The standard InChI is InChI=1S/C12H12ClF3N2O/c13-10-8(17)5-4-7(12(14,15)16)11(10)18-6-2-1-3-9(18)19/h4-5H,1-3,6,17H2. The molecule has 2 rings (SSSR count). The van der Waals surface area contributed by atoms with Crippen LogP contribution in [0.15, 0.2) is 12.1 Å². The highest BCUT2D eigenvalue weighted by atomic mass is 35.5. The first-order valence-corrected chi connectivity index (χ1v) is 6.15. The van der Waals surface area contributed by atoms with Crippen molar-refractivity contribution in [1.82, 2.24) is 0 Å². The summed E-state index contributed by atoms with van der Waals surface area (Å²) >= 11 is 5.88. The molecule has 7 heteroatoms. The summed E-state index contributed by atoms with van der Waals surface area (Å²) in [5, 5.41) is -0.218. The number of nitrogens with two attached hydrogens (primary N) is 1. The van der Waals surface area contributed by atoms with Gasteiger partial charge in [0, 0.05) is 13.0 Å². The van der Waals surface area contributed by atoms with E-state index in [4.69, 9.17) is 17.3 Å². The molecule has 2 N–H and O–H groups in total. The Bertz CT molecular complexity index is 516. The van der Waals surface area contributed by atoms with E-state index in [-0.39, 0.29) is 35.3 Å². The number of hydrogen-bond acceptors (Lipinski definition) is 2. The summed E-state index contributed by atoms with van der Waals surface area (Å²) in [5.41, 5.74) is 4.33. The molecule has 0 spiro atoms. The lowest BCUT2D eigenvalue weighted by atomic mass is 10.1. The highest BCUT2D eigenvalue weighted by molar-refractivity contribution is 6.36. The lowest BCUT2D eigenvalue weighted by Gasteiger charge is -2.30. The fourth-order valence-electron chi connectivity index (χ4n) is 2.12. The number of rotatable bonds is 1. The van der Waals surface area contributed by atoms with Gasteiger partial charge in [0.1, 0.15) is 0 Å². The third kappa shape index (κ3) is 2.63. The van der Waals surface area contributed by atoms with E-state index in [2.05, 4.69) is 0 Å². The molecule has 1 amide bonds. The molecule has 19 heavy (non-hydrogen) atoms. The van der Waals surface area contributed by atoms with E-state index in [9.17, 15) is 18.0 Å². The summed E-state index contributed by atoms with van der Waals surface area (Å²) in [6.45, 7) is 0.227. The molecular weight excluding hydrogens is 281 g/mol. The number of anilines is 2. The number of alkyl halides is 3. The first kappa shape index (κ1) is 14.0. The molecule has 0 aromatic heterocycles. The largest absolute Gasteiger partial charge is 0.418 e. The number of carbonyl (C=O) groups excluding carboxylic acids is 1. The molecule has 1 aromatic rings. The molecule has 1 fully saturated rings. The van der Waals surface area contributed by atoms with Gasteiger partial charge in [0.25, 0.3) is 0 Å². The number of piperidine rings is 1. The van der Waals surface area contributed by atoms with Crippen LogP contribution in [-0.4, -0.2) is 12.5 Å². The van der Waals surface area contributed by atoms with Crippen LogP contribution in [0.5, 0.6) is 0 Å². The van der Waals surface area contributed by atoms with Crippen LogP contribution in [0.2, 0.25) is 5.02 Å². The number of carbonyl (C=O) groups is 1. The molecule has 0 saturated carbocycles. The molecule has 1 aliphatic rings. The molecule has 0 aliphatic carbocycles. The Morgan fingerprint density at radius 1 is 1.26 bits per heavy atom. The monoisotopic (exact) mass is 292 g/mol. The van der Waals surface area contributed by atoms with Gasteiger partial charge in [-0.15, -0.1) is 0 Å². The fourth-order valence-corrected chi connectivity index (χ4v) is 2.38. The van der Waals surface area contributed by atoms with Crippen molar-refractivity contribution in [2.45, 2.75) is 25.4 Å². The predicted molar refractivity (Wildman–Crippen MR) is 67.1 cm³/mol. The first-order chi connectivity index (χ1) is 8.82. The number of benzene rings is 1. The summed E-state index contributed by atoms with van der Waals surface area (Å²) in [6, 6.07) is 1.96. The molecule has 1 aromatic carbocycles. The smallest absolute Gasteiger partial charge is 0.397 e. The fraction of sp³-hybridized carbons (Fsp3) is 0.417. The second-order valence-corrected chi connectivity index (χ2v) is 4.74. The lowest BCUT2D eigenvalue weighted by molar-refractivity contribution is -0.137. The van der Waals surface area contributed by atoms with Gasteiger partial charge in [-0.1, -0.05) is 11.6 Å². The van der Waals surface area contributed by atoms with Crippen molar-refractivity contribution in [1.29, 1.82) is 0 Å². The molecule has 104 valence electrons. The van der Waals surface area contributed by atoms with Gasteiger partial charge in [0.05, 0.1) is 22.0 Å². The lowest BCUT2D eigenvalue weighted by Crippen LogP contribution is -2.37. The summed E-state index contributed by atoms with van der Waals surface area (Å²) in [6.07, 6.45) is -3.03. The Balaban J connectivity index is 2.59. The summed E-state index contributed by atoms with van der Waals surface area (Å²) in [4.78, 5) is 12.9. The van der Waals surface area contributed by atoms with E-state index < -0.39 is 11.7 Å². The van der Waals surface area contributed by atoms with Gasteiger partial charge in [0.2, 0.25) is 5.91 Å². The van der Waals surface area contributed by atoms with Crippen LogP contribution >= 0.6 is 11.6 Å². The second-order valence-electron chi connectivity index (χ2n) is 4.37.